The quantitative estimate of drug-likeness (QED) is 0.708. The van der Waals surface area contributed by atoms with E-state index < -0.39 is 0 Å². The van der Waals surface area contributed by atoms with Crippen LogP contribution in [-0.4, -0.2) is 12.6 Å². The van der Waals surface area contributed by atoms with Gasteiger partial charge in [0.25, 0.3) is 0 Å². The molecule has 1 saturated carbocycles. The van der Waals surface area contributed by atoms with E-state index in [0.29, 0.717) is 5.41 Å². The molecule has 1 N–H and O–H groups in total. The molecule has 0 aromatic rings. The van der Waals surface area contributed by atoms with E-state index in [9.17, 15) is 0 Å². The van der Waals surface area contributed by atoms with E-state index in [4.69, 9.17) is 0 Å². The predicted octanol–water partition coefficient (Wildman–Crippen LogP) is 4.37. The average molecular weight is 225 g/mol. The topological polar surface area (TPSA) is 12.0 Å². The molecule has 0 bridgehead atoms. The van der Waals surface area contributed by atoms with Crippen molar-refractivity contribution in [3.05, 3.63) is 0 Å². The molecule has 16 heavy (non-hydrogen) atoms. The molecule has 1 unspecified atom stereocenters. The second-order valence-corrected chi connectivity index (χ2v) is 5.83. The van der Waals surface area contributed by atoms with Crippen molar-refractivity contribution in [2.24, 2.45) is 11.3 Å². The van der Waals surface area contributed by atoms with Crippen molar-refractivity contribution in [2.75, 3.05) is 6.54 Å². The maximum absolute atomic E-state index is 3.79. The lowest BCUT2D eigenvalue weighted by molar-refractivity contribution is 0.0993. The number of hydrogen-bond donors (Lipinski definition) is 1. The third-order valence-electron chi connectivity index (χ3n) is 4.69. The summed E-state index contributed by atoms with van der Waals surface area (Å²) in [6, 6.07) is 0.743. The molecule has 1 rings (SSSR count). The van der Waals surface area contributed by atoms with Crippen molar-refractivity contribution < 1.29 is 0 Å². The van der Waals surface area contributed by atoms with E-state index in [1.165, 1.54) is 44.9 Å². The highest BCUT2D eigenvalue weighted by atomic mass is 14.9. The minimum Gasteiger partial charge on any atom is -0.313 e. The highest BCUT2D eigenvalue weighted by molar-refractivity contribution is 4.93. The van der Waals surface area contributed by atoms with Gasteiger partial charge in [-0.2, -0.15) is 0 Å². The zero-order chi connectivity index (χ0) is 12.0. The lowest BCUT2D eigenvalue weighted by atomic mass is 9.66. The fourth-order valence-corrected chi connectivity index (χ4v) is 3.63. The van der Waals surface area contributed by atoms with Gasteiger partial charge in [-0.15, -0.1) is 0 Å². The van der Waals surface area contributed by atoms with Gasteiger partial charge in [0, 0.05) is 6.04 Å². The molecule has 1 aliphatic rings. The smallest absolute Gasteiger partial charge is 0.0149 e. The number of nitrogens with one attached hydrogen (secondary N) is 1. The maximum Gasteiger partial charge on any atom is 0.0149 e. The van der Waals surface area contributed by atoms with Crippen LogP contribution in [0.1, 0.15) is 72.6 Å². The summed E-state index contributed by atoms with van der Waals surface area (Å²) >= 11 is 0. The van der Waals surface area contributed by atoms with E-state index in [0.717, 1.165) is 18.5 Å². The lowest BCUT2D eigenvalue weighted by Crippen LogP contribution is -2.49. The third-order valence-corrected chi connectivity index (χ3v) is 4.69. The van der Waals surface area contributed by atoms with Gasteiger partial charge >= 0.3 is 0 Å². The molecule has 0 heterocycles. The van der Waals surface area contributed by atoms with E-state index in [1.807, 2.05) is 0 Å². The van der Waals surface area contributed by atoms with Gasteiger partial charge in [0.2, 0.25) is 0 Å². The first kappa shape index (κ1) is 14.0. The van der Waals surface area contributed by atoms with Crippen LogP contribution in [0, 0.1) is 11.3 Å². The Hall–Kier alpha value is -0.0400. The molecule has 0 spiro atoms. The van der Waals surface area contributed by atoms with Gasteiger partial charge in [0.05, 0.1) is 0 Å². The predicted molar refractivity (Wildman–Crippen MR) is 72.7 cm³/mol. The molecule has 0 aromatic carbocycles. The van der Waals surface area contributed by atoms with Gasteiger partial charge in [-0.05, 0) is 30.7 Å². The molecule has 0 amide bonds. The number of rotatable bonds is 6. The Balaban J connectivity index is 2.73. The zero-order valence-corrected chi connectivity index (χ0v) is 11.8. The van der Waals surface area contributed by atoms with E-state index in [-0.39, 0.29) is 0 Å². The average Bonchev–Trinajstić information content (AvgIpc) is 2.30. The fourth-order valence-electron chi connectivity index (χ4n) is 3.63. The van der Waals surface area contributed by atoms with Gasteiger partial charge in [0.15, 0.2) is 0 Å². The molecule has 1 heteroatoms. The second kappa shape index (κ2) is 6.64. The van der Waals surface area contributed by atoms with Crippen LogP contribution in [0.3, 0.4) is 0 Å². The first-order chi connectivity index (χ1) is 7.68. The van der Waals surface area contributed by atoms with Crippen molar-refractivity contribution in [2.45, 2.75) is 78.7 Å². The summed E-state index contributed by atoms with van der Waals surface area (Å²) in [5.41, 5.74) is 0.560. The van der Waals surface area contributed by atoms with Crippen LogP contribution in [0.4, 0.5) is 0 Å². The van der Waals surface area contributed by atoms with Crippen molar-refractivity contribution in [1.82, 2.24) is 5.32 Å². The van der Waals surface area contributed by atoms with Crippen molar-refractivity contribution in [3.8, 4) is 0 Å². The second-order valence-electron chi connectivity index (χ2n) is 5.83. The molecule has 0 aromatic heterocycles. The van der Waals surface area contributed by atoms with Crippen LogP contribution in [0.15, 0.2) is 0 Å². The van der Waals surface area contributed by atoms with Crippen molar-refractivity contribution in [3.63, 3.8) is 0 Å². The molecular formula is C15H31N. The van der Waals surface area contributed by atoms with E-state index in [1.54, 1.807) is 0 Å². The minimum atomic E-state index is 0.560. The zero-order valence-electron chi connectivity index (χ0n) is 11.8. The highest BCUT2D eigenvalue weighted by Gasteiger charge is 2.38. The summed E-state index contributed by atoms with van der Waals surface area (Å²) in [6.07, 6.45) is 9.85. The van der Waals surface area contributed by atoms with Gasteiger partial charge in [-0.3, -0.25) is 0 Å². The summed E-state index contributed by atoms with van der Waals surface area (Å²) in [5.74, 6) is 0.864. The Morgan fingerprint density at radius 2 is 1.56 bits per heavy atom. The lowest BCUT2D eigenvalue weighted by Gasteiger charge is -2.45. The standard InChI is InChI=1S/C15H31N/c1-5-13(6-2)14(16-7-3)15(4)11-9-8-10-12-15/h13-14,16H,5-12H2,1-4H3. The summed E-state index contributed by atoms with van der Waals surface area (Å²) in [6.45, 7) is 10.6. The molecular weight excluding hydrogens is 194 g/mol. The van der Waals surface area contributed by atoms with Crippen LogP contribution in [0.2, 0.25) is 0 Å². The van der Waals surface area contributed by atoms with Gasteiger partial charge in [-0.1, -0.05) is 59.8 Å². The summed E-state index contributed by atoms with van der Waals surface area (Å²) in [7, 11) is 0. The van der Waals surface area contributed by atoms with Crippen LogP contribution in [0.5, 0.6) is 0 Å². The molecule has 0 aliphatic heterocycles. The largest absolute Gasteiger partial charge is 0.313 e. The molecule has 1 fully saturated rings. The van der Waals surface area contributed by atoms with Crippen LogP contribution < -0.4 is 5.32 Å². The van der Waals surface area contributed by atoms with E-state index in [2.05, 4.69) is 33.0 Å². The maximum atomic E-state index is 3.79. The van der Waals surface area contributed by atoms with Crippen LogP contribution in [0.25, 0.3) is 0 Å². The summed E-state index contributed by atoms with van der Waals surface area (Å²) in [4.78, 5) is 0. The Kier molecular flexibility index (Phi) is 5.82. The van der Waals surface area contributed by atoms with Gasteiger partial charge in [-0.25, -0.2) is 0 Å². The first-order valence-corrected chi connectivity index (χ1v) is 7.41. The Bertz CT molecular complexity index is 178. The highest BCUT2D eigenvalue weighted by Crippen LogP contribution is 2.42. The molecule has 1 nitrogen and oxygen atoms in total. The molecule has 1 atom stereocenters. The van der Waals surface area contributed by atoms with E-state index >= 15 is 0 Å². The summed E-state index contributed by atoms with van der Waals surface area (Å²) < 4.78 is 0. The van der Waals surface area contributed by atoms with Crippen molar-refractivity contribution >= 4 is 0 Å². The molecule has 96 valence electrons. The Labute approximate surface area is 102 Å². The monoisotopic (exact) mass is 225 g/mol. The van der Waals surface area contributed by atoms with Gasteiger partial charge < -0.3 is 5.32 Å². The normalized spacial score (nSPS) is 22.3. The Morgan fingerprint density at radius 1 is 1.00 bits per heavy atom. The van der Waals surface area contributed by atoms with Gasteiger partial charge in [0.1, 0.15) is 0 Å². The molecule has 0 saturated heterocycles. The SMILES string of the molecule is CCNC(C(CC)CC)C1(C)CCCCC1. The Morgan fingerprint density at radius 3 is 2.00 bits per heavy atom. The fraction of sp³-hybridized carbons (Fsp3) is 1.00. The summed E-state index contributed by atoms with van der Waals surface area (Å²) in [5, 5.41) is 3.79. The third kappa shape index (κ3) is 3.23. The molecule has 1 aliphatic carbocycles. The first-order valence-electron chi connectivity index (χ1n) is 7.41. The minimum absolute atomic E-state index is 0.560. The van der Waals surface area contributed by atoms with Crippen LogP contribution >= 0.6 is 0 Å². The number of hydrogen-bond acceptors (Lipinski definition) is 1. The molecule has 0 radical (unpaired) electrons. The van der Waals surface area contributed by atoms with Crippen molar-refractivity contribution in [1.29, 1.82) is 0 Å². The van der Waals surface area contributed by atoms with Crippen LogP contribution in [-0.2, 0) is 0 Å².